The highest BCUT2D eigenvalue weighted by molar-refractivity contribution is 5.87. The van der Waals surface area contributed by atoms with Crippen molar-refractivity contribution in [3.63, 3.8) is 0 Å². The molecule has 0 saturated carbocycles. The second kappa shape index (κ2) is 3.00. The van der Waals surface area contributed by atoms with E-state index in [-0.39, 0.29) is 17.9 Å². The van der Waals surface area contributed by atoms with E-state index in [1.807, 2.05) is 13.8 Å². The molecule has 0 aromatic rings. The third-order valence-electron chi connectivity index (χ3n) is 2.25. The monoisotopic (exact) mass is 172 g/mol. The van der Waals surface area contributed by atoms with Crippen LogP contribution in [0.5, 0.6) is 0 Å². The highest BCUT2D eigenvalue weighted by Crippen LogP contribution is 2.15. The SMILES string of the molecule is C[C@H]1[C@H](C)NC(=O)[C@H]1NC(=O)O. The van der Waals surface area contributed by atoms with Crippen LogP contribution in [-0.4, -0.2) is 29.2 Å². The molecule has 5 heteroatoms. The number of amides is 2. The Hall–Kier alpha value is -1.26. The number of hydrogen-bond donors (Lipinski definition) is 3. The summed E-state index contributed by atoms with van der Waals surface area (Å²) in [5.41, 5.74) is 0. The molecule has 3 atom stereocenters. The first kappa shape index (κ1) is 8.83. The van der Waals surface area contributed by atoms with Crippen molar-refractivity contribution in [1.82, 2.24) is 10.6 Å². The lowest BCUT2D eigenvalue weighted by atomic mass is 10.0. The van der Waals surface area contributed by atoms with E-state index in [9.17, 15) is 9.59 Å². The molecular weight excluding hydrogens is 160 g/mol. The van der Waals surface area contributed by atoms with Gasteiger partial charge in [-0.1, -0.05) is 6.92 Å². The van der Waals surface area contributed by atoms with Crippen molar-refractivity contribution in [2.45, 2.75) is 25.9 Å². The normalized spacial score (nSPS) is 34.5. The van der Waals surface area contributed by atoms with Crippen LogP contribution in [0.2, 0.25) is 0 Å². The van der Waals surface area contributed by atoms with Gasteiger partial charge in [0.05, 0.1) is 0 Å². The van der Waals surface area contributed by atoms with Crippen LogP contribution in [0.1, 0.15) is 13.8 Å². The van der Waals surface area contributed by atoms with E-state index in [0.717, 1.165) is 0 Å². The number of hydrogen-bond acceptors (Lipinski definition) is 2. The van der Waals surface area contributed by atoms with Crippen LogP contribution in [0.15, 0.2) is 0 Å². The van der Waals surface area contributed by atoms with Gasteiger partial charge in [0.15, 0.2) is 0 Å². The molecule has 2 amide bonds. The first-order valence-corrected chi connectivity index (χ1v) is 3.82. The summed E-state index contributed by atoms with van der Waals surface area (Å²) in [4.78, 5) is 21.4. The van der Waals surface area contributed by atoms with E-state index < -0.39 is 12.1 Å². The Morgan fingerprint density at radius 3 is 2.50 bits per heavy atom. The van der Waals surface area contributed by atoms with Crippen LogP contribution in [0.25, 0.3) is 0 Å². The van der Waals surface area contributed by atoms with Crippen molar-refractivity contribution in [3.05, 3.63) is 0 Å². The number of carbonyl (C=O) groups is 2. The molecule has 5 nitrogen and oxygen atoms in total. The fourth-order valence-electron chi connectivity index (χ4n) is 1.30. The van der Waals surface area contributed by atoms with E-state index in [4.69, 9.17) is 5.11 Å². The highest BCUT2D eigenvalue weighted by Gasteiger charge is 2.37. The lowest BCUT2D eigenvalue weighted by Gasteiger charge is -2.13. The van der Waals surface area contributed by atoms with Gasteiger partial charge in [0.2, 0.25) is 5.91 Å². The molecule has 68 valence electrons. The number of nitrogens with one attached hydrogen (secondary N) is 2. The molecule has 1 rings (SSSR count). The summed E-state index contributed by atoms with van der Waals surface area (Å²) >= 11 is 0. The third kappa shape index (κ3) is 1.49. The summed E-state index contributed by atoms with van der Waals surface area (Å²) in [5.74, 6) is -0.231. The van der Waals surface area contributed by atoms with E-state index in [1.54, 1.807) is 0 Å². The third-order valence-corrected chi connectivity index (χ3v) is 2.25. The summed E-state index contributed by atoms with van der Waals surface area (Å²) in [6.45, 7) is 3.69. The molecule has 3 N–H and O–H groups in total. The molecule has 0 aromatic carbocycles. The van der Waals surface area contributed by atoms with E-state index in [0.29, 0.717) is 0 Å². The van der Waals surface area contributed by atoms with Gasteiger partial charge in [0.25, 0.3) is 0 Å². The zero-order chi connectivity index (χ0) is 9.30. The van der Waals surface area contributed by atoms with Gasteiger partial charge in [-0.15, -0.1) is 0 Å². The average Bonchev–Trinajstić information content (AvgIpc) is 2.16. The Labute approximate surface area is 70.1 Å². The summed E-state index contributed by atoms with van der Waals surface area (Å²) in [6.07, 6.45) is -1.16. The zero-order valence-electron chi connectivity index (χ0n) is 7.00. The van der Waals surface area contributed by atoms with Gasteiger partial charge in [-0.25, -0.2) is 4.79 Å². The summed E-state index contributed by atoms with van der Waals surface area (Å²) in [7, 11) is 0. The van der Waals surface area contributed by atoms with Crippen molar-refractivity contribution in [2.75, 3.05) is 0 Å². The lowest BCUT2D eigenvalue weighted by Crippen LogP contribution is -2.42. The quantitative estimate of drug-likeness (QED) is 0.511. The van der Waals surface area contributed by atoms with Crippen LogP contribution in [0.3, 0.4) is 0 Å². The molecule has 0 aromatic heterocycles. The Morgan fingerprint density at radius 1 is 1.58 bits per heavy atom. The smallest absolute Gasteiger partial charge is 0.405 e. The van der Waals surface area contributed by atoms with Crippen LogP contribution < -0.4 is 10.6 Å². The molecule has 0 unspecified atom stereocenters. The van der Waals surface area contributed by atoms with Crippen LogP contribution in [0.4, 0.5) is 4.79 Å². The molecule has 0 bridgehead atoms. The lowest BCUT2D eigenvalue weighted by molar-refractivity contribution is -0.121. The maximum atomic E-state index is 11.1. The summed E-state index contributed by atoms with van der Waals surface area (Å²) in [6, 6.07) is -0.563. The Balaban J connectivity index is 2.63. The molecule has 1 aliphatic rings. The van der Waals surface area contributed by atoms with Crippen LogP contribution >= 0.6 is 0 Å². The van der Waals surface area contributed by atoms with Gasteiger partial charge < -0.3 is 15.7 Å². The van der Waals surface area contributed by atoms with Crippen molar-refractivity contribution < 1.29 is 14.7 Å². The molecule has 0 spiro atoms. The predicted molar refractivity (Wildman–Crippen MR) is 41.7 cm³/mol. The first-order chi connectivity index (χ1) is 5.52. The highest BCUT2D eigenvalue weighted by atomic mass is 16.4. The van der Waals surface area contributed by atoms with E-state index in [1.165, 1.54) is 0 Å². The van der Waals surface area contributed by atoms with Gasteiger partial charge in [0.1, 0.15) is 6.04 Å². The minimum Gasteiger partial charge on any atom is -0.465 e. The van der Waals surface area contributed by atoms with Crippen LogP contribution in [-0.2, 0) is 4.79 Å². The largest absolute Gasteiger partial charge is 0.465 e. The second-order valence-electron chi connectivity index (χ2n) is 3.08. The Kier molecular flexibility index (Phi) is 2.21. The zero-order valence-corrected chi connectivity index (χ0v) is 7.00. The predicted octanol–water partition coefficient (Wildman–Crippen LogP) is -0.223. The summed E-state index contributed by atoms with van der Waals surface area (Å²) < 4.78 is 0. The molecule has 1 aliphatic heterocycles. The molecular formula is C7H12N2O3. The van der Waals surface area contributed by atoms with Crippen molar-refractivity contribution in [3.8, 4) is 0 Å². The molecule has 1 saturated heterocycles. The van der Waals surface area contributed by atoms with Gasteiger partial charge >= 0.3 is 6.09 Å². The van der Waals surface area contributed by atoms with Gasteiger partial charge in [0, 0.05) is 12.0 Å². The maximum Gasteiger partial charge on any atom is 0.405 e. The molecule has 1 heterocycles. The molecule has 0 radical (unpaired) electrons. The fraction of sp³-hybridized carbons (Fsp3) is 0.714. The maximum absolute atomic E-state index is 11.1. The van der Waals surface area contributed by atoms with Crippen molar-refractivity contribution in [2.24, 2.45) is 5.92 Å². The van der Waals surface area contributed by atoms with Crippen molar-refractivity contribution in [1.29, 1.82) is 0 Å². The minimum absolute atomic E-state index is 0.00796. The average molecular weight is 172 g/mol. The topological polar surface area (TPSA) is 78.4 Å². The number of carbonyl (C=O) groups excluding carboxylic acids is 1. The van der Waals surface area contributed by atoms with Gasteiger partial charge in [-0.05, 0) is 6.92 Å². The second-order valence-corrected chi connectivity index (χ2v) is 3.08. The number of carboxylic acid groups (broad SMARTS) is 1. The van der Waals surface area contributed by atoms with E-state index >= 15 is 0 Å². The van der Waals surface area contributed by atoms with Gasteiger partial charge in [-0.3, -0.25) is 4.79 Å². The van der Waals surface area contributed by atoms with E-state index in [2.05, 4.69) is 10.6 Å². The Bertz CT molecular complexity index is 217. The Morgan fingerprint density at radius 2 is 2.17 bits per heavy atom. The van der Waals surface area contributed by atoms with Crippen LogP contribution in [0, 0.1) is 5.92 Å². The summed E-state index contributed by atoms with van der Waals surface area (Å²) in [5, 5.41) is 13.2. The molecule has 12 heavy (non-hydrogen) atoms. The molecule has 1 fully saturated rings. The van der Waals surface area contributed by atoms with Gasteiger partial charge in [-0.2, -0.15) is 0 Å². The minimum atomic E-state index is -1.16. The van der Waals surface area contributed by atoms with Crippen molar-refractivity contribution >= 4 is 12.0 Å². The molecule has 0 aliphatic carbocycles. The number of rotatable bonds is 1. The standard InChI is InChI=1S/C7H12N2O3/c1-3-4(2)8-6(10)5(3)9-7(11)12/h3-5,9H,1-2H3,(H,8,10)(H,11,12)/t3-,4-,5-/m0/s1. The first-order valence-electron chi connectivity index (χ1n) is 3.82. The fourth-order valence-corrected chi connectivity index (χ4v) is 1.30.